The molecule has 0 spiro atoms. The van der Waals surface area contributed by atoms with Gasteiger partial charge in [-0.3, -0.25) is 9.59 Å². The Labute approximate surface area is 150 Å². The Morgan fingerprint density at radius 3 is 2.62 bits per heavy atom. The molecule has 0 atom stereocenters. The summed E-state index contributed by atoms with van der Waals surface area (Å²) in [6.07, 6.45) is 2.27. The topological polar surface area (TPSA) is 102 Å². The summed E-state index contributed by atoms with van der Waals surface area (Å²) in [5.74, 6) is 0.752. The van der Waals surface area contributed by atoms with Crippen LogP contribution in [0.15, 0.2) is 42.5 Å². The van der Waals surface area contributed by atoms with Gasteiger partial charge in [0.1, 0.15) is 5.78 Å². The molecule has 4 rings (SSSR count). The molecule has 1 amide bonds. The van der Waals surface area contributed by atoms with Crippen molar-refractivity contribution in [1.82, 2.24) is 14.6 Å². The average Bonchev–Trinajstić information content (AvgIpc) is 3.42. The highest BCUT2D eigenvalue weighted by Gasteiger charge is 2.30. The van der Waals surface area contributed by atoms with Crippen molar-refractivity contribution in [3.63, 3.8) is 0 Å². The lowest BCUT2D eigenvalue weighted by Crippen LogP contribution is -2.21. The van der Waals surface area contributed by atoms with Gasteiger partial charge in [-0.15, -0.1) is 0 Å². The quantitative estimate of drug-likeness (QED) is 0.707. The number of amides is 1. The maximum atomic E-state index is 12.0. The minimum absolute atomic E-state index is 0.0532. The van der Waals surface area contributed by atoms with Crippen LogP contribution in [-0.4, -0.2) is 32.8 Å². The maximum Gasteiger partial charge on any atom is 0.238 e. The van der Waals surface area contributed by atoms with Gasteiger partial charge < -0.3 is 11.1 Å². The zero-order valence-corrected chi connectivity index (χ0v) is 14.2. The summed E-state index contributed by atoms with van der Waals surface area (Å²) >= 11 is 0. The molecule has 3 aromatic rings. The second-order valence-electron chi connectivity index (χ2n) is 6.46. The van der Waals surface area contributed by atoms with E-state index in [1.807, 2.05) is 42.5 Å². The van der Waals surface area contributed by atoms with Crippen LogP contribution < -0.4 is 11.1 Å². The molecule has 3 N–H and O–H groups in total. The highest BCUT2D eigenvalue weighted by molar-refractivity contribution is 5.92. The van der Waals surface area contributed by atoms with E-state index in [4.69, 9.17) is 5.73 Å². The van der Waals surface area contributed by atoms with Crippen molar-refractivity contribution < 1.29 is 9.59 Å². The van der Waals surface area contributed by atoms with Gasteiger partial charge in [-0.05, 0) is 37.1 Å². The molecule has 0 aliphatic heterocycles. The molecule has 1 aliphatic rings. The van der Waals surface area contributed by atoms with Gasteiger partial charge in [0.15, 0.2) is 11.5 Å². The van der Waals surface area contributed by atoms with Gasteiger partial charge >= 0.3 is 0 Å². The molecule has 132 valence electrons. The summed E-state index contributed by atoms with van der Waals surface area (Å²) in [6.45, 7) is -0.0532. The Bertz CT molecular complexity index is 973. The lowest BCUT2D eigenvalue weighted by atomic mass is 10.1. The Morgan fingerprint density at radius 1 is 1.15 bits per heavy atom. The van der Waals surface area contributed by atoms with E-state index in [0.29, 0.717) is 17.2 Å². The molecule has 2 heterocycles. The molecule has 26 heavy (non-hydrogen) atoms. The summed E-state index contributed by atoms with van der Waals surface area (Å²) in [6, 6.07) is 13.2. The molecule has 1 aromatic carbocycles. The fraction of sp³-hybridized carbons (Fsp3) is 0.263. The van der Waals surface area contributed by atoms with E-state index in [1.165, 1.54) is 0 Å². The number of carbonyl (C=O) groups excluding carboxylic acids is 2. The normalized spacial score (nSPS) is 13.7. The lowest BCUT2D eigenvalue weighted by molar-refractivity contribution is -0.119. The number of pyridine rings is 1. The number of aromatic nitrogens is 3. The number of hydrogen-bond acceptors (Lipinski definition) is 5. The number of nitrogens with zero attached hydrogens (tertiary/aromatic N) is 3. The summed E-state index contributed by atoms with van der Waals surface area (Å²) in [7, 11) is 0. The number of benzene rings is 1. The largest absolute Gasteiger partial charge is 0.325 e. The van der Waals surface area contributed by atoms with Crippen LogP contribution in [0.2, 0.25) is 0 Å². The number of anilines is 1. The van der Waals surface area contributed by atoms with Crippen LogP contribution in [-0.2, 0) is 16.0 Å². The molecular formula is C19H19N5O2. The van der Waals surface area contributed by atoms with Crippen molar-refractivity contribution in [3.05, 3.63) is 48.3 Å². The van der Waals surface area contributed by atoms with E-state index < -0.39 is 0 Å². The smallest absolute Gasteiger partial charge is 0.238 e. The first-order chi connectivity index (χ1) is 12.6. The fourth-order valence-electron chi connectivity index (χ4n) is 2.88. The van der Waals surface area contributed by atoms with E-state index in [2.05, 4.69) is 15.4 Å². The number of hydrogen-bond donors (Lipinski definition) is 2. The lowest BCUT2D eigenvalue weighted by Gasteiger charge is -2.07. The second kappa shape index (κ2) is 6.68. The highest BCUT2D eigenvalue weighted by Crippen LogP contribution is 2.30. The average molecular weight is 349 g/mol. The first kappa shape index (κ1) is 16.4. The van der Waals surface area contributed by atoms with Gasteiger partial charge in [0.05, 0.1) is 18.7 Å². The van der Waals surface area contributed by atoms with Crippen molar-refractivity contribution in [2.75, 3.05) is 11.9 Å². The van der Waals surface area contributed by atoms with Crippen molar-refractivity contribution in [2.24, 2.45) is 11.7 Å². The van der Waals surface area contributed by atoms with Gasteiger partial charge in [-0.2, -0.15) is 5.10 Å². The zero-order chi connectivity index (χ0) is 18.1. The van der Waals surface area contributed by atoms with Crippen LogP contribution in [0.4, 0.5) is 5.69 Å². The van der Waals surface area contributed by atoms with Crippen LogP contribution in [0.3, 0.4) is 0 Å². The first-order valence-corrected chi connectivity index (χ1v) is 8.62. The minimum atomic E-state index is -0.235. The number of fused-ring (bicyclic) bond motifs is 1. The van der Waals surface area contributed by atoms with E-state index in [0.717, 1.165) is 24.1 Å². The standard InChI is InChI=1S/C19H19N5O2/c20-11-19(26)21-14-8-6-12(7-9-14)15-2-1-3-18-22-17(23-24(15)18)10-16(25)13-4-5-13/h1-3,6-9,13H,4-5,10-11,20H2,(H,21,26). The Kier molecular flexibility index (Phi) is 4.22. The van der Waals surface area contributed by atoms with Crippen LogP contribution in [0.25, 0.3) is 16.9 Å². The van der Waals surface area contributed by atoms with Gasteiger partial charge in [-0.25, -0.2) is 9.50 Å². The predicted octanol–water partition coefficient (Wildman–Crippen LogP) is 1.82. The van der Waals surface area contributed by atoms with Crippen LogP contribution in [0.1, 0.15) is 18.7 Å². The predicted molar refractivity (Wildman–Crippen MR) is 97.5 cm³/mol. The molecule has 1 aliphatic carbocycles. The summed E-state index contributed by atoms with van der Waals surface area (Å²) in [5.41, 5.74) is 8.51. The molecule has 1 saturated carbocycles. The molecule has 0 saturated heterocycles. The van der Waals surface area contributed by atoms with Gasteiger partial charge in [0, 0.05) is 17.2 Å². The van der Waals surface area contributed by atoms with Crippen molar-refractivity contribution in [2.45, 2.75) is 19.3 Å². The SMILES string of the molecule is NCC(=O)Nc1ccc(-c2cccc3nc(CC(=O)C4CC4)nn23)cc1. The summed E-state index contributed by atoms with van der Waals surface area (Å²) in [5, 5.41) is 7.24. The molecule has 0 unspecified atom stereocenters. The number of Topliss-reactive ketones (excluding diaryl/α,β-unsaturated/α-hetero) is 1. The fourth-order valence-corrected chi connectivity index (χ4v) is 2.88. The first-order valence-electron chi connectivity index (χ1n) is 8.62. The number of rotatable bonds is 6. The molecule has 7 heteroatoms. The third-order valence-electron chi connectivity index (χ3n) is 4.42. The Balaban J connectivity index is 1.62. The van der Waals surface area contributed by atoms with Crippen molar-refractivity contribution in [3.8, 4) is 11.3 Å². The maximum absolute atomic E-state index is 12.0. The van der Waals surface area contributed by atoms with Gasteiger partial charge in [-0.1, -0.05) is 18.2 Å². The zero-order valence-electron chi connectivity index (χ0n) is 14.2. The molecule has 0 radical (unpaired) electrons. The van der Waals surface area contributed by atoms with Crippen molar-refractivity contribution in [1.29, 1.82) is 0 Å². The van der Waals surface area contributed by atoms with Gasteiger partial charge in [0.2, 0.25) is 5.91 Å². The monoisotopic (exact) mass is 349 g/mol. The summed E-state index contributed by atoms with van der Waals surface area (Å²) < 4.78 is 1.75. The van der Waals surface area contributed by atoms with E-state index in [-0.39, 0.29) is 30.6 Å². The third-order valence-corrected chi connectivity index (χ3v) is 4.42. The Morgan fingerprint density at radius 2 is 1.92 bits per heavy atom. The van der Waals surface area contributed by atoms with E-state index in [9.17, 15) is 9.59 Å². The molecule has 2 aromatic heterocycles. The van der Waals surface area contributed by atoms with E-state index >= 15 is 0 Å². The Hall–Kier alpha value is -3.06. The van der Waals surface area contributed by atoms with E-state index in [1.54, 1.807) is 4.52 Å². The van der Waals surface area contributed by atoms with Crippen molar-refractivity contribution >= 4 is 23.0 Å². The highest BCUT2D eigenvalue weighted by atomic mass is 16.1. The van der Waals surface area contributed by atoms with Gasteiger partial charge in [0.25, 0.3) is 0 Å². The van der Waals surface area contributed by atoms with Crippen LogP contribution >= 0.6 is 0 Å². The third kappa shape index (κ3) is 3.34. The van der Waals surface area contributed by atoms with Crippen LogP contribution in [0.5, 0.6) is 0 Å². The second-order valence-corrected chi connectivity index (χ2v) is 6.46. The number of nitrogens with one attached hydrogen (secondary N) is 1. The number of ketones is 1. The molecule has 0 bridgehead atoms. The number of carbonyl (C=O) groups is 2. The van der Waals surface area contributed by atoms with Crippen LogP contribution in [0, 0.1) is 5.92 Å². The molecule has 1 fully saturated rings. The summed E-state index contributed by atoms with van der Waals surface area (Å²) in [4.78, 5) is 27.9. The molecular weight excluding hydrogens is 330 g/mol. The molecule has 7 nitrogen and oxygen atoms in total. The number of nitrogens with two attached hydrogens (primary N) is 1. The minimum Gasteiger partial charge on any atom is -0.325 e.